The van der Waals surface area contributed by atoms with E-state index in [1.807, 2.05) is 29.2 Å². The number of fused-ring (bicyclic) bond motifs is 1. The molecule has 0 aliphatic carbocycles. The van der Waals surface area contributed by atoms with E-state index in [-0.39, 0.29) is 18.0 Å². The summed E-state index contributed by atoms with van der Waals surface area (Å²) in [5, 5.41) is 3.61. The van der Waals surface area contributed by atoms with Gasteiger partial charge < -0.3 is 15.0 Å². The first-order chi connectivity index (χ1) is 11.5. The van der Waals surface area contributed by atoms with E-state index >= 15 is 0 Å². The molecular weight excluding hydrogens is 300 g/mol. The van der Waals surface area contributed by atoms with Gasteiger partial charge in [0.2, 0.25) is 5.91 Å². The molecule has 0 spiro atoms. The van der Waals surface area contributed by atoms with Gasteiger partial charge in [-0.05, 0) is 56.2 Å². The molecule has 0 fully saturated rings. The molecule has 126 valence electrons. The number of amides is 1. The number of carbonyl (C=O) groups excluding carboxylic acids is 1. The minimum Gasteiger partial charge on any atom is -0.497 e. The van der Waals surface area contributed by atoms with E-state index in [4.69, 9.17) is 4.74 Å². The first-order valence-corrected chi connectivity index (χ1v) is 8.30. The molecule has 0 unspecified atom stereocenters. The zero-order chi connectivity index (χ0) is 17.3. The second kappa shape index (κ2) is 6.56. The van der Waals surface area contributed by atoms with E-state index in [1.54, 1.807) is 14.0 Å². The quantitative estimate of drug-likeness (QED) is 0.915. The van der Waals surface area contributed by atoms with Crippen molar-refractivity contribution in [3.63, 3.8) is 0 Å². The van der Waals surface area contributed by atoms with Crippen molar-refractivity contribution in [1.82, 2.24) is 0 Å². The molecule has 1 heterocycles. The molecule has 0 saturated carbocycles. The Balaban J connectivity index is 1.94. The molecule has 2 aromatic carbocycles. The van der Waals surface area contributed by atoms with Crippen LogP contribution in [-0.4, -0.2) is 19.1 Å². The minimum absolute atomic E-state index is 0.0931. The highest BCUT2D eigenvalue weighted by atomic mass is 16.5. The molecule has 1 aliphatic rings. The molecule has 0 saturated heterocycles. The van der Waals surface area contributed by atoms with Crippen molar-refractivity contribution in [2.24, 2.45) is 0 Å². The minimum atomic E-state index is 0.0931. The van der Waals surface area contributed by atoms with Crippen molar-refractivity contribution in [3.05, 3.63) is 53.6 Å². The zero-order valence-electron chi connectivity index (χ0n) is 14.7. The maximum atomic E-state index is 12.1. The number of ether oxygens (including phenoxy) is 1. The Morgan fingerprint density at radius 1 is 1.21 bits per heavy atom. The second-order valence-electron chi connectivity index (χ2n) is 6.46. The van der Waals surface area contributed by atoms with Crippen molar-refractivity contribution in [1.29, 1.82) is 0 Å². The van der Waals surface area contributed by atoms with Crippen molar-refractivity contribution in [3.8, 4) is 5.75 Å². The van der Waals surface area contributed by atoms with Crippen LogP contribution in [0.2, 0.25) is 0 Å². The van der Waals surface area contributed by atoms with Crippen LogP contribution in [-0.2, 0) is 4.79 Å². The smallest absolute Gasteiger partial charge is 0.224 e. The molecule has 2 aromatic rings. The predicted octanol–water partition coefficient (Wildman–Crippen LogP) is 4.30. The molecule has 0 radical (unpaired) electrons. The summed E-state index contributed by atoms with van der Waals surface area (Å²) in [4.78, 5) is 14.0. The number of anilines is 2. The van der Waals surface area contributed by atoms with Crippen molar-refractivity contribution < 1.29 is 9.53 Å². The van der Waals surface area contributed by atoms with Gasteiger partial charge in [0.15, 0.2) is 0 Å². The Bertz CT molecular complexity index is 740. The lowest BCUT2D eigenvalue weighted by atomic mass is 9.90. The lowest BCUT2D eigenvalue weighted by Gasteiger charge is -2.39. The van der Waals surface area contributed by atoms with Crippen LogP contribution in [0, 0.1) is 6.92 Å². The van der Waals surface area contributed by atoms with Crippen molar-refractivity contribution >= 4 is 17.3 Å². The van der Waals surface area contributed by atoms with Crippen LogP contribution in [0.25, 0.3) is 0 Å². The molecule has 0 bridgehead atoms. The van der Waals surface area contributed by atoms with Crippen molar-refractivity contribution in [2.45, 2.75) is 39.3 Å². The van der Waals surface area contributed by atoms with Gasteiger partial charge in [-0.3, -0.25) is 4.79 Å². The van der Waals surface area contributed by atoms with Gasteiger partial charge in [-0.1, -0.05) is 17.7 Å². The monoisotopic (exact) mass is 324 g/mol. The van der Waals surface area contributed by atoms with Gasteiger partial charge in [0.25, 0.3) is 0 Å². The van der Waals surface area contributed by atoms with E-state index in [2.05, 4.69) is 37.4 Å². The fourth-order valence-corrected chi connectivity index (χ4v) is 3.49. The van der Waals surface area contributed by atoms with Gasteiger partial charge in [0, 0.05) is 24.3 Å². The van der Waals surface area contributed by atoms with Crippen LogP contribution in [0.5, 0.6) is 5.75 Å². The van der Waals surface area contributed by atoms with E-state index in [1.165, 1.54) is 11.1 Å². The highest BCUT2D eigenvalue weighted by molar-refractivity contribution is 5.93. The molecule has 2 atom stereocenters. The molecule has 4 nitrogen and oxygen atoms in total. The standard InChI is InChI=1S/C20H24N2O2/c1-13-5-10-20-18(11-13)19(12-14(2)22(20)15(3)23)21-16-6-8-17(24-4)9-7-16/h5-11,14,19,21H,12H2,1-4H3/t14-,19+/m1/s1. The first kappa shape index (κ1) is 16.4. The maximum absolute atomic E-state index is 12.1. The highest BCUT2D eigenvalue weighted by Gasteiger charge is 2.32. The summed E-state index contributed by atoms with van der Waals surface area (Å²) in [6.45, 7) is 5.82. The van der Waals surface area contributed by atoms with Gasteiger partial charge >= 0.3 is 0 Å². The molecule has 1 amide bonds. The van der Waals surface area contributed by atoms with E-state index < -0.39 is 0 Å². The number of hydrogen-bond acceptors (Lipinski definition) is 3. The van der Waals surface area contributed by atoms with Gasteiger partial charge in [0.05, 0.1) is 13.2 Å². The number of benzene rings is 2. The first-order valence-electron chi connectivity index (χ1n) is 8.30. The largest absolute Gasteiger partial charge is 0.497 e. The zero-order valence-corrected chi connectivity index (χ0v) is 14.7. The third kappa shape index (κ3) is 3.09. The Morgan fingerprint density at radius 3 is 2.54 bits per heavy atom. The summed E-state index contributed by atoms with van der Waals surface area (Å²) in [6, 6.07) is 14.6. The van der Waals surface area contributed by atoms with Gasteiger partial charge in [-0.2, -0.15) is 0 Å². The highest BCUT2D eigenvalue weighted by Crippen LogP contribution is 2.39. The molecule has 1 N–H and O–H groups in total. The topological polar surface area (TPSA) is 41.6 Å². The summed E-state index contributed by atoms with van der Waals surface area (Å²) in [7, 11) is 1.67. The Kier molecular flexibility index (Phi) is 4.47. The van der Waals surface area contributed by atoms with E-state index in [0.29, 0.717) is 0 Å². The number of carbonyl (C=O) groups is 1. The van der Waals surface area contributed by atoms with Crippen LogP contribution in [0.15, 0.2) is 42.5 Å². The third-order valence-electron chi connectivity index (χ3n) is 4.61. The second-order valence-corrected chi connectivity index (χ2v) is 6.46. The van der Waals surface area contributed by atoms with Crippen LogP contribution in [0.3, 0.4) is 0 Å². The number of rotatable bonds is 3. The lowest BCUT2D eigenvalue weighted by Crippen LogP contribution is -2.43. The number of aryl methyl sites for hydroxylation is 1. The summed E-state index contributed by atoms with van der Waals surface area (Å²) in [5.41, 5.74) is 4.45. The third-order valence-corrected chi connectivity index (χ3v) is 4.61. The fourth-order valence-electron chi connectivity index (χ4n) is 3.49. The molecule has 24 heavy (non-hydrogen) atoms. The molecular formula is C20H24N2O2. The summed E-state index contributed by atoms with van der Waals surface area (Å²) >= 11 is 0. The molecule has 3 rings (SSSR count). The summed E-state index contributed by atoms with van der Waals surface area (Å²) < 4.78 is 5.22. The Labute approximate surface area is 143 Å². The summed E-state index contributed by atoms with van der Waals surface area (Å²) in [6.07, 6.45) is 0.877. The van der Waals surface area contributed by atoms with Crippen LogP contribution in [0.4, 0.5) is 11.4 Å². The van der Waals surface area contributed by atoms with Gasteiger partial charge in [0.1, 0.15) is 5.75 Å². The average molecular weight is 324 g/mol. The van der Waals surface area contributed by atoms with Gasteiger partial charge in [-0.25, -0.2) is 0 Å². The number of methoxy groups -OCH3 is 1. The average Bonchev–Trinajstić information content (AvgIpc) is 2.55. The van der Waals surface area contributed by atoms with Gasteiger partial charge in [-0.15, -0.1) is 0 Å². The predicted molar refractivity (Wildman–Crippen MR) is 97.8 cm³/mol. The SMILES string of the molecule is COc1ccc(N[C@H]2C[C@@H](C)N(C(C)=O)c3ccc(C)cc32)cc1. The summed E-state index contributed by atoms with van der Waals surface area (Å²) in [5.74, 6) is 0.937. The number of nitrogens with one attached hydrogen (secondary N) is 1. The maximum Gasteiger partial charge on any atom is 0.224 e. The van der Waals surface area contributed by atoms with Crippen LogP contribution >= 0.6 is 0 Å². The van der Waals surface area contributed by atoms with E-state index in [9.17, 15) is 4.79 Å². The van der Waals surface area contributed by atoms with Crippen molar-refractivity contribution in [2.75, 3.05) is 17.3 Å². The molecule has 0 aromatic heterocycles. The number of hydrogen-bond donors (Lipinski definition) is 1. The fraction of sp³-hybridized carbons (Fsp3) is 0.350. The van der Waals surface area contributed by atoms with Crippen LogP contribution in [0.1, 0.15) is 37.4 Å². The number of nitrogens with zero attached hydrogens (tertiary/aromatic N) is 1. The van der Waals surface area contributed by atoms with E-state index in [0.717, 1.165) is 23.5 Å². The Hall–Kier alpha value is -2.49. The van der Waals surface area contributed by atoms with Crippen LogP contribution < -0.4 is 15.0 Å². The lowest BCUT2D eigenvalue weighted by molar-refractivity contribution is -0.117. The molecule has 1 aliphatic heterocycles. The Morgan fingerprint density at radius 2 is 1.92 bits per heavy atom. The normalized spacial score (nSPS) is 19.6. The molecule has 4 heteroatoms.